The van der Waals surface area contributed by atoms with E-state index in [0.29, 0.717) is 18.2 Å². The molecule has 2 heterocycles. The number of benzene rings is 1. The fraction of sp³-hybridized carbons (Fsp3) is 0.630. The molecule has 1 aromatic rings. The smallest absolute Gasteiger partial charge is 0.305 e. The molecule has 6 nitrogen and oxygen atoms in total. The molecule has 1 N–H and O–H groups in total. The summed E-state index contributed by atoms with van der Waals surface area (Å²) in [5, 5.41) is 9.80. The van der Waals surface area contributed by atoms with Crippen LogP contribution >= 0.6 is 11.6 Å². The van der Waals surface area contributed by atoms with Crippen molar-refractivity contribution in [2.24, 2.45) is 5.41 Å². The van der Waals surface area contributed by atoms with E-state index in [1.165, 1.54) is 4.90 Å². The lowest BCUT2D eigenvalue weighted by atomic mass is 9.70. The monoisotopic (exact) mass is 491 g/mol. The summed E-state index contributed by atoms with van der Waals surface area (Å²) in [4.78, 5) is 25.7. The lowest BCUT2D eigenvalue weighted by molar-refractivity contribution is -0.138. The topological polar surface area (TPSA) is 76.1 Å². The number of fused-ring (bicyclic) bond motifs is 1. The van der Waals surface area contributed by atoms with Crippen molar-refractivity contribution in [2.75, 3.05) is 19.8 Å². The number of aryl methyl sites for hydroxylation is 1. The average molecular weight is 492 g/mol. The van der Waals surface area contributed by atoms with Gasteiger partial charge in [-0.2, -0.15) is 0 Å². The van der Waals surface area contributed by atoms with Gasteiger partial charge in [0.1, 0.15) is 6.10 Å². The number of ether oxygens (including phenoxy) is 2. The number of carbonyl (C=O) groups is 2. The standard InChI is InChI=1S/C27H38ClNO5/c1-25(2,3)11-9-18-7-8-19(13-21(18)28)27-14-23(30)29(12-10-24(31)32)15-20(27)22(33-17-27)16-34-26(4,5)6/h7-8,13,15,22H,9-12,14,16-17H2,1-6H3,(H,31,32). The van der Waals surface area contributed by atoms with E-state index in [2.05, 4.69) is 32.9 Å². The summed E-state index contributed by atoms with van der Waals surface area (Å²) in [6.07, 6.45) is 3.48. The highest BCUT2D eigenvalue weighted by molar-refractivity contribution is 6.31. The van der Waals surface area contributed by atoms with Crippen molar-refractivity contribution in [3.05, 3.63) is 46.1 Å². The van der Waals surface area contributed by atoms with Gasteiger partial charge in [0.2, 0.25) is 5.91 Å². The Hall–Kier alpha value is -1.89. The Bertz CT molecular complexity index is 959. The molecule has 34 heavy (non-hydrogen) atoms. The van der Waals surface area contributed by atoms with Crippen molar-refractivity contribution in [1.29, 1.82) is 0 Å². The average Bonchev–Trinajstić information content (AvgIpc) is 3.06. The zero-order valence-corrected chi connectivity index (χ0v) is 22.0. The van der Waals surface area contributed by atoms with Crippen LogP contribution in [0, 0.1) is 5.41 Å². The first-order valence-corrected chi connectivity index (χ1v) is 12.4. The van der Waals surface area contributed by atoms with Gasteiger partial charge in [0.05, 0.1) is 30.7 Å². The number of aliphatic carboxylic acids is 1. The highest BCUT2D eigenvalue weighted by atomic mass is 35.5. The Morgan fingerprint density at radius 1 is 1.26 bits per heavy atom. The van der Waals surface area contributed by atoms with Gasteiger partial charge in [-0.05, 0) is 61.8 Å². The molecule has 1 saturated heterocycles. The molecule has 0 bridgehead atoms. The first kappa shape index (κ1) is 26.7. The number of hydrogen-bond donors (Lipinski definition) is 1. The largest absolute Gasteiger partial charge is 0.481 e. The Kier molecular flexibility index (Phi) is 7.86. The van der Waals surface area contributed by atoms with Gasteiger partial charge in [0.15, 0.2) is 0 Å². The van der Waals surface area contributed by atoms with Crippen molar-refractivity contribution in [3.63, 3.8) is 0 Å². The molecule has 2 atom stereocenters. The lowest BCUT2D eigenvalue weighted by Gasteiger charge is -2.38. The quantitative estimate of drug-likeness (QED) is 0.529. The van der Waals surface area contributed by atoms with Crippen molar-refractivity contribution < 1.29 is 24.2 Å². The Labute approximate surface area is 208 Å². The number of carbonyl (C=O) groups excluding carboxylic acids is 1. The first-order valence-electron chi connectivity index (χ1n) is 12.0. The fourth-order valence-electron chi connectivity index (χ4n) is 4.46. The van der Waals surface area contributed by atoms with Crippen LogP contribution in [0.3, 0.4) is 0 Å². The lowest BCUT2D eigenvalue weighted by Crippen LogP contribution is -2.44. The molecule has 188 valence electrons. The van der Waals surface area contributed by atoms with E-state index in [0.717, 1.165) is 29.5 Å². The highest BCUT2D eigenvalue weighted by Crippen LogP contribution is 2.48. The van der Waals surface area contributed by atoms with Crippen LogP contribution in [0.4, 0.5) is 0 Å². The van der Waals surface area contributed by atoms with Crippen LogP contribution in [-0.4, -0.2) is 53.3 Å². The summed E-state index contributed by atoms with van der Waals surface area (Å²) in [7, 11) is 0. The minimum absolute atomic E-state index is 0.110. The molecular formula is C27H38ClNO5. The predicted molar refractivity (Wildman–Crippen MR) is 133 cm³/mol. The molecule has 0 saturated carbocycles. The molecule has 0 spiro atoms. The normalized spacial score (nSPS) is 23.1. The molecule has 1 aromatic carbocycles. The maximum atomic E-state index is 13.1. The van der Waals surface area contributed by atoms with Crippen molar-refractivity contribution in [2.45, 2.75) is 84.3 Å². The van der Waals surface area contributed by atoms with Gasteiger partial charge in [-0.25, -0.2) is 0 Å². The van der Waals surface area contributed by atoms with Gasteiger partial charge in [-0.1, -0.05) is 44.5 Å². The van der Waals surface area contributed by atoms with E-state index < -0.39 is 11.4 Å². The van der Waals surface area contributed by atoms with Gasteiger partial charge in [0.25, 0.3) is 0 Å². The number of nitrogens with zero attached hydrogens (tertiary/aromatic N) is 1. The van der Waals surface area contributed by atoms with E-state index in [4.69, 9.17) is 26.2 Å². The van der Waals surface area contributed by atoms with Crippen molar-refractivity contribution in [3.8, 4) is 0 Å². The summed E-state index contributed by atoms with van der Waals surface area (Å²) in [5.41, 5.74) is 2.24. The molecular weight excluding hydrogens is 454 g/mol. The molecule has 0 aromatic heterocycles. The minimum atomic E-state index is -0.934. The summed E-state index contributed by atoms with van der Waals surface area (Å²) in [6, 6.07) is 6.11. The second-order valence-electron chi connectivity index (χ2n) is 11.7. The third-order valence-corrected chi connectivity index (χ3v) is 6.83. The number of hydrogen-bond acceptors (Lipinski definition) is 4. The maximum absolute atomic E-state index is 13.1. The van der Waals surface area contributed by atoms with Crippen LogP contribution in [0.25, 0.3) is 0 Å². The Morgan fingerprint density at radius 3 is 2.56 bits per heavy atom. The molecule has 1 amide bonds. The van der Waals surface area contributed by atoms with Crippen LogP contribution in [0.5, 0.6) is 0 Å². The summed E-state index contributed by atoms with van der Waals surface area (Å²) in [6.45, 7) is 13.4. The number of carboxylic acid groups (broad SMARTS) is 1. The van der Waals surface area contributed by atoms with Crippen LogP contribution in [0.15, 0.2) is 30.0 Å². The summed E-state index contributed by atoms with van der Waals surface area (Å²) >= 11 is 6.73. The number of amides is 1. The third kappa shape index (κ3) is 6.41. The van der Waals surface area contributed by atoms with Gasteiger partial charge in [-0.15, -0.1) is 0 Å². The molecule has 2 aliphatic heterocycles. The molecule has 0 radical (unpaired) electrons. The highest BCUT2D eigenvalue weighted by Gasteiger charge is 2.51. The molecule has 7 heteroatoms. The fourth-order valence-corrected chi connectivity index (χ4v) is 4.74. The van der Waals surface area contributed by atoms with E-state index in [1.807, 2.05) is 26.8 Å². The number of carboxylic acids is 1. The second-order valence-corrected chi connectivity index (χ2v) is 12.1. The van der Waals surface area contributed by atoms with Gasteiger partial charge in [-0.3, -0.25) is 9.59 Å². The molecule has 2 aliphatic rings. The van der Waals surface area contributed by atoms with Crippen molar-refractivity contribution in [1.82, 2.24) is 4.90 Å². The van der Waals surface area contributed by atoms with Crippen LogP contribution in [0.1, 0.15) is 71.9 Å². The zero-order valence-electron chi connectivity index (χ0n) is 21.2. The zero-order chi connectivity index (χ0) is 25.3. The van der Waals surface area contributed by atoms with Crippen molar-refractivity contribution >= 4 is 23.5 Å². The first-order chi connectivity index (χ1) is 15.7. The van der Waals surface area contributed by atoms with Crippen LogP contribution in [0.2, 0.25) is 5.02 Å². The summed E-state index contributed by atoms with van der Waals surface area (Å²) in [5.74, 6) is -1.05. The minimum Gasteiger partial charge on any atom is -0.481 e. The van der Waals surface area contributed by atoms with Gasteiger partial charge < -0.3 is 19.5 Å². The third-order valence-electron chi connectivity index (χ3n) is 6.48. The SMILES string of the molecule is CC(C)(C)CCc1ccc(C23COC(COC(C)(C)C)C2=CN(CCC(=O)O)C(=O)C3)cc1Cl. The molecule has 1 fully saturated rings. The predicted octanol–water partition coefficient (Wildman–Crippen LogP) is 5.36. The second kappa shape index (κ2) is 10.00. The van der Waals surface area contributed by atoms with E-state index >= 15 is 0 Å². The molecule has 3 rings (SSSR count). The Balaban J connectivity index is 1.95. The van der Waals surface area contributed by atoms with E-state index in [1.54, 1.807) is 6.20 Å². The van der Waals surface area contributed by atoms with Gasteiger partial charge >= 0.3 is 5.97 Å². The van der Waals surface area contributed by atoms with E-state index in [9.17, 15) is 9.59 Å². The van der Waals surface area contributed by atoms with E-state index in [-0.39, 0.29) is 42.4 Å². The summed E-state index contributed by atoms with van der Waals surface area (Å²) < 4.78 is 12.2. The number of rotatable bonds is 8. The number of halogens is 1. The maximum Gasteiger partial charge on any atom is 0.305 e. The van der Waals surface area contributed by atoms with Crippen LogP contribution in [-0.2, 0) is 30.9 Å². The van der Waals surface area contributed by atoms with Crippen LogP contribution < -0.4 is 0 Å². The van der Waals surface area contributed by atoms with Gasteiger partial charge in [0, 0.05) is 24.2 Å². The molecule has 0 aliphatic carbocycles. The molecule has 2 unspecified atom stereocenters. The Morgan fingerprint density at radius 2 is 1.97 bits per heavy atom.